The highest BCUT2D eigenvalue weighted by atomic mass is 16.3. The van der Waals surface area contributed by atoms with Crippen LogP contribution in [0, 0.1) is 0 Å². The molecule has 0 aliphatic heterocycles. The SMILES string of the molecule is O=C(Cc1coc(-c2ccccc2)n1)Nc1ccc(-c2ccccc2)cn1. The number of hydrogen-bond donors (Lipinski definition) is 1. The predicted octanol–water partition coefficient (Wildman–Crippen LogP) is 4.58. The predicted molar refractivity (Wildman–Crippen MR) is 104 cm³/mol. The van der Waals surface area contributed by atoms with Gasteiger partial charge in [-0.15, -0.1) is 0 Å². The van der Waals surface area contributed by atoms with Crippen molar-refractivity contribution in [1.29, 1.82) is 0 Å². The molecule has 27 heavy (non-hydrogen) atoms. The van der Waals surface area contributed by atoms with Gasteiger partial charge in [0.05, 0.1) is 12.1 Å². The molecule has 0 fully saturated rings. The van der Waals surface area contributed by atoms with Crippen molar-refractivity contribution < 1.29 is 9.21 Å². The zero-order chi connectivity index (χ0) is 18.5. The van der Waals surface area contributed by atoms with Gasteiger partial charge >= 0.3 is 0 Å². The smallest absolute Gasteiger partial charge is 0.231 e. The Hall–Kier alpha value is -3.73. The first-order valence-electron chi connectivity index (χ1n) is 8.59. The molecule has 2 heterocycles. The Morgan fingerprint density at radius 2 is 1.56 bits per heavy atom. The summed E-state index contributed by atoms with van der Waals surface area (Å²) in [6.07, 6.45) is 3.38. The molecule has 0 aliphatic rings. The van der Waals surface area contributed by atoms with Crippen LogP contribution in [0.15, 0.2) is 89.7 Å². The van der Waals surface area contributed by atoms with Crippen LogP contribution >= 0.6 is 0 Å². The van der Waals surface area contributed by atoms with Crippen molar-refractivity contribution in [2.45, 2.75) is 6.42 Å². The maximum Gasteiger partial charge on any atom is 0.231 e. The van der Waals surface area contributed by atoms with E-state index in [1.807, 2.05) is 66.7 Å². The van der Waals surface area contributed by atoms with Crippen molar-refractivity contribution >= 4 is 11.7 Å². The fraction of sp³-hybridized carbons (Fsp3) is 0.0455. The van der Waals surface area contributed by atoms with Crippen molar-refractivity contribution in [2.75, 3.05) is 5.32 Å². The summed E-state index contributed by atoms with van der Waals surface area (Å²) < 4.78 is 5.46. The van der Waals surface area contributed by atoms with Gasteiger partial charge in [0.25, 0.3) is 0 Å². The van der Waals surface area contributed by atoms with Crippen LogP contribution in [0.2, 0.25) is 0 Å². The first-order valence-corrected chi connectivity index (χ1v) is 8.59. The lowest BCUT2D eigenvalue weighted by Gasteiger charge is -2.05. The molecular formula is C22H17N3O2. The minimum atomic E-state index is -0.192. The second-order valence-corrected chi connectivity index (χ2v) is 6.03. The summed E-state index contributed by atoms with van der Waals surface area (Å²) in [6.45, 7) is 0. The molecule has 4 aromatic rings. The van der Waals surface area contributed by atoms with Gasteiger partial charge in [-0.3, -0.25) is 4.79 Å². The van der Waals surface area contributed by atoms with Gasteiger partial charge < -0.3 is 9.73 Å². The van der Waals surface area contributed by atoms with E-state index < -0.39 is 0 Å². The summed E-state index contributed by atoms with van der Waals surface area (Å²) in [4.78, 5) is 20.9. The monoisotopic (exact) mass is 355 g/mol. The van der Waals surface area contributed by atoms with Crippen molar-refractivity contribution in [3.8, 4) is 22.6 Å². The average molecular weight is 355 g/mol. The van der Waals surface area contributed by atoms with E-state index in [9.17, 15) is 4.79 Å². The summed E-state index contributed by atoms with van der Waals surface area (Å²) in [5.41, 5.74) is 3.53. The number of pyridine rings is 1. The summed E-state index contributed by atoms with van der Waals surface area (Å²) in [5.74, 6) is 0.818. The summed E-state index contributed by atoms with van der Waals surface area (Å²) >= 11 is 0. The van der Waals surface area contributed by atoms with E-state index in [4.69, 9.17) is 4.42 Å². The van der Waals surface area contributed by atoms with Crippen LogP contribution < -0.4 is 5.32 Å². The molecule has 1 amide bonds. The Balaban J connectivity index is 1.39. The number of amides is 1. The number of oxazole rings is 1. The zero-order valence-corrected chi connectivity index (χ0v) is 14.5. The Labute approximate surface area is 156 Å². The van der Waals surface area contributed by atoms with Crippen LogP contribution in [0.3, 0.4) is 0 Å². The maximum absolute atomic E-state index is 12.2. The maximum atomic E-state index is 12.2. The molecule has 0 aliphatic carbocycles. The highest BCUT2D eigenvalue weighted by Gasteiger charge is 2.11. The molecule has 5 nitrogen and oxygen atoms in total. The van der Waals surface area contributed by atoms with Crippen molar-refractivity contribution in [1.82, 2.24) is 9.97 Å². The third kappa shape index (κ3) is 4.10. The minimum absolute atomic E-state index is 0.123. The number of nitrogens with zero attached hydrogens (tertiary/aromatic N) is 2. The van der Waals surface area contributed by atoms with Crippen LogP contribution in [0.1, 0.15) is 5.69 Å². The van der Waals surface area contributed by atoms with Gasteiger partial charge in [0.1, 0.15) is 12.1 Å². The van der Waals surface area contributed by atoms with E-state index in [0.29, 0.717) is 17.4 Å². The standard InChI is InChI=1S/C22H17N3O2/c26-21(13-19-15-27-22(24-19)17-9-5-2-6-10-17)25-20-12-11-18(14-23-20)16-7-3-1-4-8-16/h1-12,14-15H,13H2,(H,23,25,26). The quantitative estimate of drug-likeness (QED) is 0.569. The van der Waals surface area contributed by atoms with Crippen LogP contribution in [0.25, 0.3) is 22.6 Å². The average Bonchev–Trinajstić information content (AvgIpc) is 3.18. The lowest BCUT2D eigenvalue weighted by atomic mass is 10.1. The number of nitrogens with one attached hydrogen (secondary N) is 1. The molecule has 1 N–H and O–H groups in total. The lowest BCUT2D eigenvalue weighted by Crippen LogP contribution is -2.15. The van der Waals surface area contributed by atoms with Gasteiger partial charge in [-0.05, 0) is 29.8 Å². The molecular weight excluding hydrogens is 338 g/mol. The summed E-state index contributed by atoms with van der Waals surface area (Å²) in [5, 5.41) is 2.79. The zero-order valence-electron chi connectivity index (χ0n) is 14.5. The van der Waals surface area contributed by atoms with E-state index in [1.165, 1.54) is 6.26 Å². The molecule has 2 aromatic heterocycles. The van der Waals surface area contributed by atoms with Crippen molar-refractivity contribution in [3.63, 3.8) is 0 Å². The number of anilines is 1. The first kappa shape index (κ1) is 16.7. The Morgan fingerprint density at radius 3 is 2.22 bits per heavy atom. The first-order chi connectivity index (χ1) is 13.3. The third-order valence-corrected chi connectivity index (χ3v) is 4.05. The second kappa shape index (κ2) is 7.66. The highest BCUT2D eigenvalue weighted by Crippen LogP contribution is 2.20. The number of aromatic nitrogens is 2. The molecule has 0 unspecified atom stereocenters. The molecule has 0 atom stereocenters. The number of carbonyl (C=O) groups is 1. The largest absolute Gasteiger partial charge is 0.444 e. The van der Waals surface area contributed by atoms with Crippen molar-refractivity contribution in [3.05, 3.63) is 91.0 Å². The van der Waals surface area contributed by atoms with Crippen LogP contribution in [0.5, 0.6) is 0 Å². The molecule has 0 bridgehead atoms. The van der Waals surface area contributed by atoms with Crippen LogP contribution in [0.4, 0.5) is 5.82 Å². The van der Waals surface area contributed by atoms with Crippen molar-refractivity contribution in [2.24, 2.45) is 0 Å². The number of carbonyl (C=O) groups excluding carboxylic acids is 1. The fourth-order valence-corrected chi connectivity index (χ4v) is 2.72. The van der Waals surface area contributed by atoms with Gasteiger partial charge in [0.2, 0.25) is 11.8 Å². The fourth-order valence-electron chi connectivity index (χ4n) is 2.72. The molecule has 0 saturated carbocycles. The summed E-state index contributed by atoms with van der Waals surface area (Å²) in [6, 6.07) is 23.3. The normalized spacial score (nSPS) is 10.5. The van der Waals surface area contributed by atoms with E-state index >= 15 is 0 Å². The molecule has 4 rings (SSSR count). The van der Waals surface area contributed by atoms with Gasteiger partial charge in [-0.1, -0.05) is 48.5 Å². The minimum Gasteiger partial charge on any atom is -0.444 e. The second-order valence-electron chi connectivity index (χ2n) is 6.03. The number of benzene rings is 2. The Morgan fingerprint density at radius 1 is 0.852 bits per heavy atom. The molecule has 2 aromatic carbocycles. The molecule has 132 valence electrons. The lowest BCUT2D eigenvalue weighted by molar-refractivity contribution is -0.115. The number of rotatable bonds is 5. The third-order valence-electron chi connectivity index (χ3n) is 4.05. The van der Waals surface area contributed by atoms with E-state index in [2.05, 4.69) is 15.3 Å². The van der Waals surface area contributed by atoms with Crippen LogP contribution in [-0.4, -0.2) is 15.9 Å². The van der Waals surface area contributed by atoms with Crippen LogP contribution in [-0.2, 0) is 11.2 Å². The Kier molecular flexibility index (Phi) is 4.74. The van der Waals surface area contributed by atoms with Gasteiger partial charge in [0, 0.05) is 17.3 Å². The molecule has 0 saturated heterocycles. The van der Waals surface area contributed by atoms with Gasteiger partial charge in [-0.2, -0.15) is 0 Å². The van der Waals surface area contributed by atoms with Gasteiger partial charge in [0.15, 0.2) is 0 Å². The highest BCUT2D eigenvalue weighted by molar-refractivity contribution is 5.91. The molecule has 0 radical (unpaired) electrons. The van der Waals surface area contributed by atoms with E-state index in [1.54, 1.807) is 12.3 Å². The van der Waals surface area contributed by atoms with E-state index in [0.717, 1.165) is 16.7 Å². The molecule has 5 heteroatoms. The summed E-state index contributed by atoms with van der Waals surface area (Å²) in [7, 11) is 0. The molecule has 0 spiro atoms. The van der Waals surface area contributed by atoms with Gasteiger partial charge in [-0.25, -0.2) is 9.97 Å². The van der Waals surface area contributed by atoms with E-state index in [-0.39, 0.29) is 12.3 Å². The number of hydrogen-bond acceptors (Lipinski definition) is 4. The Bertz CT molecular complexity index is 1030. The topological polar surface area (TPSA) is 68.0 Å².